The van der Waals surface area contributed by atoms with Crippen molar-refractivity contribution in [2.24, 2.45) is 0 Å². The molecule has 0 saturated heterocycles. The Kier molecular flexibility index (Phi) is 8.45. The molecular formula is C31H25F5O. The molecule has 0 aromatic heterocycles. The summed E-state index contributed by atoms with van der Waals surface area (Å²) in [5, 5.41) is 0.199. The van der Waals surface area contributed by atoms with E-state index in [-0.39, 0.29) is 28.5 Å². The third kappa shape index (κ3) is 6.48. The monoisotopic (exact) mass is 508 g/mol. The number of rotatable bonds is 8. The lowest BCUT2D eigenvalue weighted by molar-refractivity contribution is 0.302. The number of hydrogen-bond acceptors (Lipinski definition) is 1. The molecule has 190 valence electrons. The van der Waals surface area contributed by atoms with E-state index in [0.29, 0.717) is 24.2 Å². The van der Waals surface area contributed by atoms with Crippen molar-refractivity contribution in [2.75, 3.05) is 6.61 Å². The predicted molar refractivity (Wildman–Crippen MR) is 135 cm³/mol. The molecule has 0 bridgehead atoms. The second-order valence-corrected chi connectivity index (χ2v) is 8.79. The normalized spacial score (nSPS) is 10.9. The van der Waals surface area contributed by atoms with Gasteiger partial charge in [0, 0.05) is 34.2 Å². The number of halogens is 5. The first-order valence-corrected chi connectivity index (χ1v) is 12.1. The smallest absolute Gasteiger partial charge is 0.195 e. The van der Waals surface area contributed by atoms with Gasteiger partial charge in [-0.15, -0.1) is 0 Å². The highest BCUT2D eigenvalue weighted by molar-refractivity contribution is 5.84. The maximum absolute atomic E-state index is 14.5. The first kappa shape index (κ1) is 26.2. The second kappa shape index (κ2) is 11.9. The molecule has 0 aliphatic rings. The molecule has 0 N–H and O–H groups in total. The SMILES string of the molecule is CCCCCOc1cc(F)c(CCc2ccc(C#Cc3ccc4c(F)c(F)c(F)cc4c3)cc2)c(F)c1. The highest BCUT2D eigenvalue weighted by atomic mass is 19.2. The minimum absolute atomic E-state index is 0.0178. The Morgan fingerprint density at radius 1 is 0.676 bits per heavy atom. The Hall–Kier alpha value is -3.85. The quantitative estimate of drug-likeness (QED) is 0.101. The number of fused-ring (bicyclic) bond motifs is 1. The fourth-order valence-electron chi connectivity index (χ4n) is 4.00. The molecule has 0 aliphatic heterocycles. The van der Waals surface area contributed by atoms with Crippen LogP contribution in [-0.4, -0.2) is 6.61 Å². The second-order valence-electron chi connectivity index (χ2n) is 8.79. The number of hydrogen-bond donors (Lipinski definition) is 0. The molecule has 0 unspecified atom stereocenters. The van der Waals surface area contributed by atoms with Crippen LogP contribution in [0.5, 0.6) is 5.75 Å². The van der Waals surface area contributed by atoms with Crippen molar-refractivity contribution in [3.63, 3.8) is 0 Å². The Morgan fingerprint density at radius 3 is 2.05 bits per heavy atom. The average Bonchev–Trinajstić information content (AvgIpc) is 2.89. The van der Waals surface area contributed by atoms with Crippen molar-refractivity contribution >= 4 is 10.8 Å². The standard InChI is InChI=1S/C31H25F5O/c1-2-3-4-15-37-24-18-27(32)26(28(33)19-24)14-11-21-7-5-20(6-8-21)9-10-22-12-13-25-23(16-22)17-29(34)31(36)30(25)35/h5-8,12-13,16-19H,2-4,11,14-15H2,1H3. The van der Waals surface area contributed by atoms with Crippen molar-refractivity contribution in [2.45, 2.75) is 39.0 Å². The molecule has 4 rings (SSSR count). The maximum atomic E-state index is 14.5. The van der Waals surface area contributed by atoms with Crippen molar-refractivity contribution in [1.29, 1.82) is 0 Å². The summed E-state index contributed by atoms with van der Waals surface area (Å²) in [6.45, 7) is 2.50. The van der Waals surface area contributed by atoms with E-state index in [2.05, 4.69) is 18.8 Å². The van der Waals surface area contributed by atoms with Gasteiger partial charge < -0.3 is 4.74 Å². The van der Waals surface area contributed by atoms with E-state index < -0.39 is 29.1 Å². The summed E-state index contributed by atoms with van der Waals surface area (Å²) in [6.07, 6.45) is 3.52. The molecule has 0 amide bonds. The van der Waals surface area contributed by atoms with Gasteiger partial charge in [0.15, 0.2) is 17.5 Å². The lowest BCUT2D eigenvalue weighted by atomic mass is 10.0. The first-order valence-electron chi connectivity index (χ1n) is 12.1. The number of benzene rings is 4. The van der Waals surface area contributed by atoms with Crippen LogP contribution in [0.2, 0.25) is 0 Å². The molecule has 0 heterocycles. The lowest BCUT2D eigenvalue weighted by Crippen LogP contribution is -2.02. The van der Waals surface area contributed by atoms with Crippen molar-refractivity contribution < 1.29 is 26.7 Å². The molecule has 4 aromatic rings. The largest absolute Gasteiger partial charge is 0.493 e. The minimum atomic E-state index is -1.50. The highest BCUT2D eigenvalue weighted by Gasteiger charge is 2.14. The van der Waals surface area contributed by atoms with E-state index in [4.69, 9.17) is 4.74 Å². The van der Waals surface area contributed by atoms with Gasteiger partial charge in [-0.1, -0.05) is 49.8 Å². The van der Waals surface area contributed by atoms with E-state index in [1.54, 1.807) is 12.1 Å². The van der Waals surface area contributed by atoms with Gasteiger partial charge in [0.1, 0.15) is 17.4 Å². The Morgan fingerprint density at radius 2 is 1.35 bits per heavy atom. The van der Waals surface area contributed by atoms with E-state index in [1.807, 2.05) is 12.1 Å². The van der Waals surface area contributed by atoms with E-state index in [0.717, 1.165) is 30.9 Å². The summed E-state index contributed by atoms with van der Waals surface area (Å²) >= 11 is 0. The molecule has 1 nitrogen and oxygen atoms in total. The van der Waals surface area contributed by atoms with Crippen molar-refractivity contribution in [3.8, 4) is 17.6 Å². The van der Waals surface area contributed by atoms with Gasteiger partial charge in [0.2, 0.25) is 0 Å². The fraction of sp³-hybridized carbons (Fsp3) is 0.226. The predicted octanol–water partition coefficient (Wildman–Crippen LogP) is 8.29. The van der Waals surface area contributed by atoms with E-state index in [1.165, 1.54) is 30.3 Å². The summed E-state index contributed by atoms with van der Waals surface area (Å²) in [5.74, 6) is 0.881. The highest BCUT2D eigenvalue weighted by Crippen LogP contribution is 2.25. The molecular weight excluding hydrogens is 483 g/mol. The van der Waals surface area contributed by atoms with E-state index in [9.17, 15) is 22.0 Å². The summed E-state index contributed by atoms with van der Waals surface area (Å²) in [7, 11) is 0. The molecule has 0 atom stereocenters. The maximum Gasteiger partial charge on any atom is 0.195 e. The molecule has 0 spiro atoms. The number of ether oxygens (including phenoxy) is 1. The molecule has 6 heteroatoms. The number of aryl methyl sites for hydroxylation is 1. The van der Waals surface area contributed by atoms with Crippen LogP contribution in [0.1, 0.15) is 48.4 Å². The topological polar surface area (TPSA) is 9.23 Å². The Bertz CT molecular complexity index is 1440. The van der Waals surface area contributed by atoms with Gasteiger partial charge in [-0.3, -0.25) is 0 Å². The lowest BCUT2D eigenvalue weighted by Gasteiger charge is -2.10. The molecule has 0 aliphatic carbocycles. The van der Waals surface area contributed by atoms with Gasteiger partial charge in [-0.25, -0.2) is 22.0 Å². The van der Waals surface area contributed by atoms with Crippen molar-refractivity contribution in [3.05, 3.63) is 112 Å². The van der Waals surface area contributed by atoms with Crippen LogP contribution in [-0.2, 0) is 12.8 Å². The third-order valence-electron chi connectivity index (χ3n) is 6.07. The summed E-state index contributed by atoms with van der Waals surface area (Å²) in [4.78, 5) is 0. The van der Waals surface area contributed by atoms with Gasteiger partial charge >= 0.3 is 0 Å². The zero-order chi connectivity index (χ0) is 26.4. The molecule has 0 saturated carbocycles. The molecule has 4 aromatic carbocycles. The summed E-state index contributed by atoms with van der Waals surface area (Å²) in [6, 6.07) is 15.0. The molecule has 0 fully saturated rings. The molecule has 0 radical (unpaired) electrons. The van der Waals surface area contributed by atoms with Gasteiger partial charge in [0.05, 0.1) is 6.61 Å². The van der Waals surface area contributed by atoms with E-state index >= 15 is 0 Å². The first-order chi connectivity index (χ1) is 17.9. The van der Waals surface area contributed by atoms with Gasteiger partial charge in [-0.05, 0) is 60.5 Å². The van der Waals surface area contributed by atoms with Crippen LogP contribution in [0.3, 0.4) is 0 Å². The van der Waals surface area contributed by atoms with Crippen LogP contribution < -0.4 is 4.74 Å². The van der Waals surface area contributed by atoms with Crippen LogP contribution in [0.4, 0.5) is 22.0 Å². The fourth-order valence-corrected chi connectivity index (χ4v) is 4.00. The minimum Gasteiger partial charge on any atom is -0.493 e. The Labute approximate surface area is 212 Å². The zero-order valence-corrected chi connectivity index (χ0v) is 20.3. The van der Waals surface area contributed by atoms with Crippen LogP contribution >= 0.6 is 0 Å². The summed E-state index contributed by atoms with van der Waals surface area (Å²) < 4.78 is 75.2. The third-order valence-corrected chi connectivity index (χ3v) is 6.07. The van der Waals surface area contributed by atoms with Gasteiger partial charge in [-0.2, -0.15) is 0 Å². The zero-order valence-electron chi connectivity index (χ0n) is 20.3. The van der Waals surface area contributed by atoms with Crippen LogP contribution in [0.15, 0.2) is 60.7 Å². The average molecular weight is 509 g/mol. The van der Waals surface area contributed by atoms with Gasteiger partial charge in [0.25, 0.3) is 0 Å². The van der Waals surface area contributed by atoms with Crippen LogP contribution in [0, 0.1) is 40.9 Å². The van der Waals surface area contributed by atoms with Crippen molar-refractivity contribution in [1.82, 2.24) is 0 Å². The number of unbranched alkanes of at least 4 members (excludes halogenated alkanes) is 2. The Balaban J connectivity index is 1.39. The van der Waals surface area contributed by atoms with Crippen LogP contribution in [0.25, 0.3) is 10.8 Å². The molecule has 37 heavy (non-hydrogen) atoms. The summed E-state index contributed by atoms with van der Waals surface area (Å²) in [5.41, 5.74) is 2.13.